The zero-order chi connectivity index (χ0) is 14.8. The second-order valence-electron chi connectivity index (χ2n) is 4.18. The number of anilines is 2. The summed E-state index contributed by atoms with van der Waals surface area (Å²) < 4.78 is 24.4. The Balaban J connectivity index is 2.32. The van der Waals surface area contributed by atoms with Crippen LogP contribution in [0.4, 0.5) is 11.4 Å². The fourth-order valence-electron chi connectivity index (χ4n) is 1.62. The largest absolute Gasteiger partial charge is 0.319 e. The summed E-state index contributed by atoms with van der Waals surface area (Å²) in [7, 11) is -1.93. The van der Waals surface area contributed by atoms with Gasteiger partial charge in [-0.05, 0) is 23.6 Å². The van der Waals surface area contributed by atoms with E-state index in [1.165, 1.54) is 18.4 Å². The van der Waals surface area contributed by atoms with Crippen molar-refractivity contribution in [3.8, 4) is 0 Å². The Morgan fingerprint density at radius 1 is 1.20 bits per heavy atom. The standard InChI is InChI=1S/C13H14N2O3S2/c1-15(20(2,17)18)11-7-4-3-6-10(11)14-13(16)12-8-5-9-19-12/h3-9H,1-2H3,(H,14,16). The Hall–Kier alpha value is -1.86. The van der Waals surface area contributed by atoms with Crippen molar-refractivity contribution >= 4 is 38.6 Å². The van der Waals surface area contributed by atoms with Crippen molar-refractivity contribution in [3.05, 3.63) is 46.7 Å². The number of benzene rings is 1. The van der Waals surface area contributed by atoms with Gasteiger partial charge < -0.3 is 5.32 Å². The molecule has 1 N–H and O–H groups in total. The van der Waals surface area contributed by atoms with Crippen LogP contribution in [0.3, 0.4) is 0 Å². The molecule has 0 aliphatic heterocycles. The summed E-state index contributed by atoms with van der Waals surface area (Å²) in [5, 5.41) is 4.54. The van der Waals surface area contributed by atoms with Crippen LogP contribution in [0, 0.1) is 0 Å². The van der Waals surface area contributed by atoms with E-state index in [1.54, 1.807) is 36.4 Å². The van der Waals surface area contributed by atoms with Crippen LogP contribution in [0.25, 0.3) is 0 Å². The smallest absolute Gasteiger partial charge is 0.265 e. The quantitative estimate of drug-likeness (QED) is 0.943. The lowest BCUT2D eigenvalue weighted by molar-refractivity contribution is 0.103. The lowest BCUT2D eigenvalue weighted by atomic mass is 10.2. The number of rotatable bonds is 4. The van der Waals surface area contributed by atoms with Gasteiger partial charge in [-0.3, -0.25) is 9.10 Å². The van der Waals surface area contributed by atoms with Crippen molar-refractivity contribution in [2.24, 2.45) is 0 Å². The molecule has 0 saturated heterocycles. The minimum Gasteiger partial charge on any atom is -0.319 e. The van der Waals surface area contributed by atoms with E-state index in [0.717, 1.165) is 10.6 Å². The van der Waals surface area contributed by atoms with Crippen molar-refractivity contribution in [3.63, 3.8) is 0 Å². The number of para-hydroxylation sites is 2. The number of carbonyl (C=O) groups excluding carboxylic acids is 1. The van der Waals surface area contributed by atoms with Crippen LogP contribution in [-0.2, 0) is 10.0 Å². The zero-order valence-corrected chi connectivity index (χ0v) is 12.7. The second-order valence-corrected chi connectivity index (χ2v) is 7.14. The molecule has 1 aromatic heterocycles. The average Bonchev–Trinajstić information content (AvgIpc) is 2.91. The zero-order valence-electron chi connectivity index (χ0n) is 11.0. The van der Waals surface area contributed by atoms with Crippen LogP contribution in [0.2, 0.25) is 0 Å². The Morgan fingerprint density at radius 2 is 1.90 bits per heavy atom. The van der Waals surface area contributed by atoms with E-state index in [0.29, 0.717) is 16.3 Å². The summed E-state index contributed by atoms with van der Waals surface area (Å²) in [5.74, 6) is -0.255. The first-order valence-electron chi connectivity index (χ1n) is 5.77. The van der Waals surface area contributed by atoms with Crippen LogP contribution in [0.15, 0.2) is 41.8 Å². The summed E-state index contributed by atoms with van der Waals surface area (Å²) in [6.07, 6.45) is 1.12. The molecule has 0 aliphatic carbocycles. The van der Waals surface area contributed by atoms with Gasteiger partial charge in [-0.25, -0.2) is 8.42 Å². The molecule has 0 fully saturated rings. The maximum atomic E-state index is 12.0. The molecular formula is C13H14N2O3S2. The predicted octanol–water partition coefficient (Wildman–Crippen LogP) is 2.40. The number of nitrogens with zero attached hydrogens (tertiary/aromatic N) is 1. The van der Waals surface area contributed by atoms with Gasteiger partial charge in [0, 0.05) is 7.05 Å². The summed E-state index contributed by atoms with van der Waals surface area (Å²) in [6.45, 7) is 0. The molecule has 0 unspecified atom stereocenters. The summed E-state index contributed by atoms with van der Waals surface area (Å²) in [4.78, 5) is 12.6. The molecule has 1 amide bonds. The Labute approximate surface area is 121 Å². The number of amides is 1. The third-order valence-corrected chi connectivity index (χ3v) is 4.79. The van der Waals surface area contributed by atoms with Gasteiger partial charge in [0.1, 0.15) is 0 Å². The first-order valence-corrected chi connectivity index (χ1v) is 8.50. The van der Waals surface area contributed by atoms with Gasteiger partial charge in [-0.15, -0.1) is 11.3 Å². The van der Waals surface area contributed by atoms with E-state index in [4.69, 9.17) is 0 Å². The van der Waals surface area contributed by atoms with E-state index in [1.807, 2.05) is 5.38 Å². The Morgan fingerprint density at radius 3 is 2.50 bits per heavy atom. The molecule has 0 radical (unpaired) electrons. The molecule has 0 aliphatic rings. The summed E-state index contributed by atoms with van der Waals surface area (Å²) >= 11 is 1.33. The highest BCUT2D eigenvalue weighted by Gasteiger charge is 2.17. The number of hydrogen-bond acceptors (Lipinski definition) is 4. The maximum Gasteiger partial charge on any atom is 0.265 e. The molecular weight excluding hydrogens is 296 g/mol. The monoisotopic (exact) mass is 310 g/mol. The fourth-order valence-corrected chi connectivity index (χ4v) is 2.76. The number of carbonyl (C=O) groups is 1. The van der Waals surface area contributed by atoms with Crippen molar-refractivity contribution in [1.29, 1.82) is 0 Å². The Kier molecular flexibility index (Phi) is 4.10. The minimum absolute atomic E-state index is 0.255. The second kappa shape index (κ2) is 5.64. The third kappa shape index (κ3) is 3.17. The average molecular weight is 310 g/mol. The van der Waals surface area contributed by atoms with Gasteiger partial charge in [0.2, 0.25) is 10.0 Å². The topological polar surface area (TPSA) is 66.5 Å². The predicted molar refractivity (Wildman–Crippen MR) is 82.0 cm³/mol. The molecule has 0 bridgehead atoms. The fraction of sp³-hybridized carbons (Fsp3) is 0.154. The number of nitrogens with one attached hydrogen (secondary N) is 1. The van der Waals surface area contributed by atoms with Crippen LogP contribution < -0.4 is 9.62 Å². The normalized spacial score (nSPS) is 11.1. The third-order valence-electron chi connectivity index (χ3n) is 2.73. The first-order chi connectivity index (χ1) is 9.39. The van der Waals surface area contributed by atoms with E-state index >= 15 is 0 Å². The Bertz CT molecular complexity index is 709. The molecule has 0 saturated carbocycles. The van der Waals surface area contributed by atoms with Crippen LogP contribution in [0.1, 0.15) is 9.67 Å². The number of hydrogen-bond donors (Lipinski definition) is 1. The molecule has 20 heavy (non-hydrogen) atoms. The molecule has 7 heteroatoms. The molecule has 0 spiro atoms. The number of thiophene rings is 1. The highest BCUT2D eigenvalue weighted by atomic mass is 32.2. The number of sulfonamides is 1. The lowest BCUT2D eigenvalue weighted by Gasteiger charge is -2.20. The highest BCUT2D eigenvalue weighted by Crippen LogP contribution is 2.27. The first kappa shape index (κ1) is 14.5. The van der Waals surface area contributed by atoms with Gasteiger partial charge in [0.15, 0.2) is 0 Å². The summed E-state index contributed by atoms with van der Waals surface area (Å²) in [6, 6.07) is 10.3. The van der Waals surface area contributed by atoms with Crippen molar-refractivity contribution < 1.29 is 13.2 Å². The van der Waals surface area contributed by atoms with Crippen molar-refractivity contribution in [2.75, 3.05) is 22.9 Å². The van der Waals surface area contributed by atoms with E-state index in [9.17, 15) is 13.2 Å². The van der Waals surface area contributed by atoms with E-state index in [-0.39, 0.29) is 5.91 Å². The molecule has 2 rings (SSSR count). The SMILES string of the molecule is CN(c1ccccc1NC(=O)c1cccs1)S(C)(=O)=O. The molecule has 1 heterocycles. The van der Waals surface area contributed by atoms with Crippen LogP contribution >= 0.6 is 11.3 Å². The van der Waals surface area contributed by atoms with Gasteiger partial charge >= 0.3 is 0 Å². The van der Waals surface area contributed by atoms with E-state index in [2.05, 4.69) is 5.32 Å². The van der Waals surface area contributed by atoms with Gasteiger partial charge in [0.05, 0.1) is 22.5 Å². The molecule has 106 valence electrons. The van der Waals surface area contributed by atoms with Crippen molar-refractivity contribution in [1.82, 2.24) is 0 Å². The highest BCUT2D eigenvalue weighted by molar-refractivity contribution is 7.92. The minimum atomic E-state index is -3.38. The van der Waals surface area contributed by atoms with Gasteiger partial charge in [-0.2, -0.15) is 0 Å². The molecule has 5 nitrogen and oxygen atoms in total. The van der Waals surface area contributed by atoms with Crippen LogP contribution in [-0.4, -0.2) is 27.6 Å². The molecule has 0 atom stereocenters. The van der Waals surface area contributed by atoms with Gasteiger partial charge in [-0.1, -0.05) is 18.2 Å². The molecule has 1 aromatic carbocycles. The van der Waals surface area contributed by atoms with Gasteiger partial charge in [0.25, 0.3) is 5.91 Å². The van der Waals surface area contributed by atoms with Crippen molar-refractivity contribution in [2.45, 2.75) is 0 Å². The lowest BCUT2D eigenvalue weighted by Crippen LogP contribution is -2.26. The van der Waals surface area contributed by atoms with Crippen LogP contribution in [0.5, 0.6) is 0 Å². The summed E-state index contributed by atoms with van der Waals surface area (Å²) in [5.41, 5.74) is 0.888. The maximum absolute atomic E-state index is 12.0. The van der Waals surface area contributed by atoms with E-state index < -0.39 is 10.0 Å². The molecule has 2 aromatic rings.